The SMILES string of the molecule is CC(=O)OCc1ccccc1NC(C)C. The van der Waals surface area contributed by atoms with Crippen molar-refractivity contribution in [1.29, 1.82) is 0 Å². The number of anilines is 1. The molecule has 0 aliphatic rings. The molecule has 0 amide bonds. The van der Waals surface area contributed by atoms with Crippen LogP contribution in [0.2, 0.25) is 0 Å². The Bertz CT molecular complexity index is 334. The van der Waals surface area contributed by atoms with Gasteiger partial charge in [0.2, 0.25) is 0 Å². The third-order valence-corrected chi connectivity index (χ3v) is 1.89. The van der Waals surface area contributed by atoms with Gasteiger partial charge in [-0.15, -0.1) is 0 Å². The van der Waals surface area contributed by atoms with Gasteiger partial charge in [-0.05, 0) is 19.9 Å². The van der Waals surface area contributed by atoms with Crippen molar-refractivity contribution in [2.75, 3.05) is 5.32 Å². The van der Waals surface area contributed by atoms with Crippen LogP contribution in [0.15, 0.2) is 24.3 Å². The summed E-state index contributed by atoms with van der Waals surface area (Å²) in [6.07, 6.45) is 0. The fourth-order valence-corrected chi connectivity index (χ4v) is 1.28. The summed E-state index contributed by atoms with van der Waals surface area (Å²) in [7, 11) is 0. The molecule has 1 aromatic carbocycles. The van der Waals surface area contributed by atoms with E-state index >= 15 is 0 Å². The van der Waals surface area contributed by atoms with Crippen molar-refractivity contribution in [2.24, 2.45) is 0 Å². The Morgan fingerprint density at radius 3 is 2.67 bits per heavy atom. The van der Waals surface area contributed by atoms with Crippen LogP contribution in [0.4, 0.5) is 5.69 Å². The molecule has 15 heavy (non-hydrogen) atoms. The zero-order valence-corrected chi connectivity index (χ0v) is 9.41. The zero-order chi connectivity index (χ0) is 11.3. The number of ether oxygens (including phenoxy) is 1. The smallest absolute Gasteiger partial charge is 0.302 e. The molecule has 1 aromatic rings. The second-order valence-corrected chi connectivity index (χ2v) is 3.74. The van der Waals surface area contributed by atoms with Gasteiger partial charge < -0.3 is 10.1 Å². The maximum Gasteiger partial charge on any atom is 0.302 e. The number of hydrogen-bond acceptors (Lipinski definition) is 3. The van der Waals surface area contributed by atoms with Gasteiger partial charge >= 0.3 is 5.97 Å². The minimum atomic E-state index is -0.255. The number of esters is 1. The third kappa shape index (κ3) is 4.02. The lowest BCUT2D eigenvalue weighted by Gasteiger charge is -2.14. The molecule has 0 aliphatic heterocycles. The summed E-state index contributed by atoms with van der Waals surface area (Å²) in [5.74, 6) is -0.255. The van der Waals surface area contributed by atoms with Crippen LogP contribution >= 0.6 is 0 Å². The Hall–Kier alpha value is -1.51. The Morgan fingerprint density at radius 1 is 1.40 bits per heavy atom. The summed E-state index contributed by atoms with van der Waals surface area (Å²) in [6.45, 7) is 5.88. The summed E-state index contributed by atoms with van der Waals surface area (Å²) in [6, 6.07) is 8.20. The van der Waals surface area contributed by atoms with Gasteiger partial charge in [0, 0.05) is 24.2 Å². The first-order valence-electron chi connectivity index (χ1n) is 5.07. The lowest BCUT2D eigenvalue weighted by molar-refractivity contribution is -0.142. The maximum atomic E-state index is 10.7. The maximum absolute atomic E-state index is 10.7. The number of carbonyl (C=O) groups is 1. The third-order valence-electron chi connectivity index (χ3n) is 1.89. The van der Waals surface area contributed by atoms with Crippen molar-refractivity contribution in [3.8, 4) is 0 Å². The van der Waals surface area contributed by atoms with Gasteiger partial charge in [-0.3, -0.25) is 4.79 Å². The minimum Gasteiger partial charge on any atom is -0.461 e. The van der Waals surface area contributed by atoms with Gasteiger partial charge in [0.15, 0.2) is 0 Å². The second kappa shape index (κ2) is 5.39. The molecular formula is C12H17NO2. The van der Waals surface area contributed by atoms with Gasteiger partial charge in [-0.1, -0.05) is 18.2 Å². The highest BCUT2D eigenvalue weighted by atomic mass is 16.5. The highest BCUT2D eigenvalue weighted by Gasteiger charge is 2.03. The summed E-state index contributed by atoms with van der Waals surface area (Å²) in [4.78, 5) is 10.7. The van der Waals surface area contributed by atoms with E-state index in [1.165, 1.54) is 6.92 Å². The standard InChI is InChI=1S/C12H17NO2/c1-9(2)13-12-7-5-4-6-11(12)8-15-10(3)14/h4-7,9,13H,8H2,1-3H3. The quantitative estimate of drug-likeness (QED) is 0.771. The molecule has 0 saturated carbocycles. The molecule has 0 radical (unpaired) electrons. The highest BCUT2D eigenvalue weighted by molar-refractivity contribution is 5.66. The summed E-state index contributed by atoms with van der Waals surface area (Å²) >= 11 is 0. The van der Waals surface area contributed by atoms with Crippen molar-refractivity contribution in [1.82, 2.24) is 0 Å². The molecule has 0 spiro atoms. The molecule has 0 atom stereocenters. The van der Waals surface area contributed by atoms with E-state index in [2.05, 4.69) is 19.2 Å². The van der Waals surface area contributed by atoms with E-state index in [9.17, 15) is 4.79 Å². The van der Waals surface area contributed by atoms with E-state index in [-0.39, 0.29) is 5.97 Å². The fraction of sp³-hybridized carbons (Fsp3) is 0.417. The van der Waals surface area contributed by atoms with Crippen LogP contribution in [0.25, 0.3) is 0 Å². The predicted octanol–water partition coefficient (Wildman–Crippen LogP) is 2.57. The molecule has 3 nitrogen and oxygen atoms in total. The molecular weight excluding hydrogens is 190 g/mol. The Morgan fingerprint density at radius 2 is 2.07 bits per heavy atom. The first kappa shape index (κ1) is 11.6. The number of rotatable bonds is 4. The van der Waals surface area contributed by atoms with E-state index in [0.717, 1.165) is 11.3 Å². The normalized spacial score (nSPS) is 10.1. The fourth-order valence-electron chi connectivity index (χ4n) is 1.28. The Labute approximate surface area is 90.4 Å². The number of benzene rings is 1. The largest absolute Gasteiger partial charge is 0.461 e. The van der Waals surface area contributed by atoms with Crippen LogP contribution in [0.3, 0.4) is 0 Å². The average molecular weight is 207 g/mol. The van der Waals surface area contributed by atoms with Gasteiger partial charge in [-0.2, -0.15) is 0 Å². The van der Waals surface area contributed by atoms with Crippen molar-refractivity contribution in [3.05, 3.63) is 29.8 Å². The first-order valence-corrected chi connectivity index (χ1v) is 5.07. The number of para-hydroxylation sites is 1. The van der Waals surface area contributed by atoms with Crippen LogP contribution in [-0.2, 0) is 16.1 Å². The topological polar surface area (TPSA) is 38.3 Å². The summed E-state index contributed by atoms with van der Waals surface area (Å²) in [5, 5.41) is 3.31. The van der Waals surface area contributed by atoms with E-state index < -0.39 is 0 Å². The van der Waals surface area contributed by atoms with Crippen molar-refractivity contribution in [3.63, 3.8) is 0 Å². The monoisotopic (exact) mass is 207 g/mol. The molecule has 0 aromatic heterocycles. The molecule has 1 N–H and O–H groups in total. The van der Waals surface area contributed by atoms with Crippen LogP contribution in [0, 0.1) is 0 Å². The molecule has 0 unspecified atom stereocenters. The van der Waals surface area contributed by atoms with E-state index in [4.69, 9.17) is 4.74 Å². The Balaban J connectivity index is 2.72. The van der Waals surface area contributed by atoms with Crippen LogP contribution in [0.1, 0.15) is 26.3 Å². The molecule has 0 bridgehead atoms. The molecule has 0 heterocycles. The number of hydrogen-bond donors (Lipinski definition) is 1. The van der Waals surface area contributed by atoms with Gasteiger partial charge in [0.25, 0.3) is 0 Å². The lowest BCUT2D eigenvalue weighted by Crippen LogP contribution is -2.12. The van der Waals surface area contributed by atoms with E-state index in [0.29, 0.717) is 12.6 Å². The highest BCUT2D eigenvalue weighted by Crippen LogP contribution is 2.16. The van der Waals surface area contributed by atoms with E-state index in [1.54, 1.807) is 0 Å². The Kier molecular flexibility index (Phi) is 4.16. The van der Waals surface area contributed by atoms with Crippen molar-refractivity contribution < 1.29 is 9.53 Å². The number of nitrogens with one attached hydrogen (secondary N) is 1. The van der Waals surface area contributed by atoms with Gasteiger partial charge in [-0.25, -0.2) is 0 Å². The summed E-state index contributed by atoms with van der Waals surface area (Å²) in [5.41, 5.74) is 2.02. The molecule has 0 saturated heterocycles. The average Bonchev–Trinajstić information content (AvgIpc) is 2.15. The second-order valence-electron chi connectivity index (χ2n) is 3.74. The first-order chi connectivity index (χ1) is 7.09. The van der Waals surface area contributed by atoms with Gasteiger partial charge in [0.1, 0.15) is 6.61 Å². The number of carbonyl (C=O) groups excluding carboxylic acids is 1. The summed E-state index contributed by atoms with van der Waals surface area (Å²) < 4.78 is 4.97. The van der Waals surface area contributed by atoms with Gasteiger partial charge in [0.05, 0.1) is 0 Å². The molecule has 3 heteroatoms. The lowest BCUT2D eigenvalue weighted by atomic mass is 10.2. The van der Waals surface area contributed by atoms with Crippen LogP contribution in [-0.4, -0.2) is 12.0 Å². The van der Waals surface area contributed by atoms with E-state index in [1.807, 2.05) is 24.3 Å². The molecule has 1 rings (SSSR count). The van der Waals surface area contributed by atoms with Crippen LogP contribution in [0.5, 0.6) is 0 Å². The predicted molar refractivity (Wildman–Crippen MR) is 60.7 cm³/mol. The van der Waals surface area contributed by atoms with Crippen molar-refractivity contribution >= 4 is 11.7 Å². The molecule has 0 aliphatic carbocycles. The van der Waals surface area contributed by atoms with Crippen molar-refractivity contribution in [2.45, 2.75) is 33.4 Å². The zero-order valence-electron chi connectivity index (χ0n) is 9.41. The van der Waals surface area contributed by atoms with Crippen LogP contribution < -0.4 is 5.32 Å². The molecule has 0 fully saturated rings. The molecule has 82 valence electrons. The minimum absolute atomic E-state index is 0.255.